The van der Waals surface area contributed by atoms with Gasteiger partial charge in [0, 0.05) is 50.2 Å². The number of aromatic nitrogens is 3. The van der Waals surface area contributed by atoms with E-state index >= 15 is 0 Å². The minimum Gasteiger partial charge on any atom is -0.383 e. The van der Waals surface area contributed by atoms with Crippen molar-refractivity contribution < 1.29 is 14.3 Å². The van der Waals surface area contributed by atoms with E-state index < -0.39 is 0 Å². The molecule has 8 heteroatoms. The molecule has 2 aromatic heterocycles. The first kappa shape index (κ1) is 17.9. The van der Waals surface area contributed by atoms with Crippen molar-refractivity contribution in [2.75, 3.05) is 33.4 Å². The number of fused-ring (bicyclic) bond motifs is 5. The van der Waals surface area contributed by atoms with Gasteiger partial charge in [0.25, 0.3) is 5.91 Å². The third kappa shape index (κ3) is 3.18. The lowest BCUT2D eigenvalue weighted by atomic mass is 9.94. The first-order chi connectivity index (χ1) is 13.0. The van der Waals surface area contributed by atoms with E-state index in [1.165, 1.54) is 0 Å². The number of piperidine rings is 1. The topological polar surface area (TPSA) is 80.0 Å². The fraction of sp³-hybridized carbons (Fsp3) is 0.579. The fourth-order valence-electron chi connectivity index (χ4n) is 4.24. The fourth-order valence-corrected chi connectivity index (χ4v) is 4.24. The Bertz CT molecular complexity index is 893. The van der Waals surface area contributed by atoms with Gasteiger partial charge < -0.3 is 14.5 Å². The zero-order chi connectivity index (χ0) is 19.1. The molecular weight excluding hydrogens is 346 g/mol. The van der Waals surface area contributed by atoms with Crippen LogP contribution < -0.4 is 0 Å². The smallest absolute Gasteiger partial charge is 0.274 e. The highest BCUT2D eigenvalue weighted by Crippen LogP contribution is 2.29. The van der Waals surface area contributed by atoms with Crippen LogP contribution in [0.25, 0.3) is 5.65 Å². The standard InChI is InChI=1S/C19H25N5O3/c1-12-8-13(2)24-17(20-12)9-16(21-24)19(26)22-10-14-4-5-15(11-22)23(18(14)25)6-7-27-3/h8-9,14-15H,4-7,10-11H2,1-3H3/t14-,15+/m1/s1. The van der Waals surface area contributed by atoms with Gasteiger partial charge in [-0.3, -0.25) is 9.59 Å². The Kier molecular flexibility index (Phi) is 4.59. The maximum atomic E-state index is 13.1. The molecule has 3 aliphatic heterocycles. The van der Waals surface area contributed by atoms with Crippen molar-refractivity contribution in [3.8, 4) is 0 Å². The van der Waals surface area contributed by atoms with E-state index in [1.807, 2.05) is 24.8 Å². The number of hydrogen-bond acceptors (Lipinski definition) is 5. The lowest BCUT2D eigenvalue weighted by Gasteiger charge is -2.35. The number of hydrogen-bond donors (Lipinski definition) is 0. The quantitative estimate of drug-likeness (QED) is 0.803. The van der Waals surface area contributed by atoms with Crippen LogP contribution in [0.1, 0.15) is 34.7 Å². The number of methoxy groups -OCH3 is 1. The lowest BCUT2D eigenvalue weighted by molar-refractivity contribution is -0.140. The number of amides is 2. The molecule has 0 radical (unpaired) electrons. The summed E-state index contributed by atoms with van der Waals surface area (Å²) in [5.41, 5.74) is 2.89. The summed E-state index contributed by atoms with van der Waals surface area (Å²) in [5, 5.41) is 4.46. The minimum absolute atomic E-state index is 0.0505. The van der Waals surface area contributed by atoms with Crippen LogP contribution >= 0.6 is 0 Å². The van der Waals surface area contributed by atoms with Crippen LogP contribution in [0.3, 0.4) is 0 Å². The van der Waals surface area contributed by atoms with E-state index in [2.05, 4.69) is 10.1 Å². The van der Waals surface area contributed by atoms with Gasteiger partial charge in [0.15, 0.2) is 11.3 Å². The van der Waals surface area contributed by atoms with Gasteiger partial charge in [-0.25, -0.2) is 9.50 Å². The van der Waals surface area contributed by atoms with Gasteiger partial charge in [-0.1, -0.05) is 0 Å². The summed E-state index contributed by atoms with van der Waals surface area (Å²) < 4.78 is 6.84. The number of carbonyl (C=O) groups is 2. The molecule has 0 aliphatic carbocycles. The highest BCUT2D eigenvalue weighted by molar-refractivity contribution is 5.94. The molecular formula is C19H25N5O3. The molecule has 0 saturated carbocycles. The molecule has 3 fully saturated rings. The monoisotopic (exact) mass is 371 g/mol. The van der Waals surface area contributed by atoms with E-state index in [0.717, 1.165) is 24.2 Å². The second-order valence-corrected chi connectivity index (χ2v) is 7.50. The first-order valence-electron chi connectivity index (χ1n) is 9.40. The van der Waals surface area contributed by atoms with Gasteiger partial charge in [0.1, 0.15) is 0 Å². The van der Waals surface area contributed by atoms with Crippen molar-refractivity contribution in [2.24, 2.45) is 5.92 Å². The molecule has 144 valence electrons. The lowest BCUT2D eigenvalue weighted by Crippen LogP contribution is -2.49. The van der Waals surface area contributed by atoms with Gasteiger partial charge in [-0.05, 0) is 32.8 Å². The van der Waals surface area contributed by atoms with Crippen molar-refractivity contribution in [1.82, 2.24) is 24.4 Å². The summed E-state index contributed by atoms with van der Waals surface area (Å²) >= 11 is 0. The molecule has 5 heterocycles. The number of nitrogens with zero attached hydrogens (tertiary/aromatic N) is 5. The van der Waals surface area contributed by atoms with Crippen LogP contribution in [0.4, 0.5) is 0 Å². The Hall–Kier alpha value is -2.48. The second kappa shape index (κ2) is 6.92. The normalized spacial score (nSPS) is 22.6. The Morgan fingerprint density at radius 1 is 1.26 bits per heavy atom. The highest BCUT2D eigenvalue weighted by Gasteiger charge is 2.42. The zero-order valence-corrected chi connectivity index (χ0v) is 16.0. The van der Waals surface area contributed by atoms with E-state index in [1.54, 1.807) is 22.6 Å². The van der Waals surface area contributed by atoms with Crippen molar-refractivity contribution >= 4 is 17.5 Å². The summed E-state index contributed by atoms with van der Waals surface area (Å²) in [4.78, 5) is 34.0. The van der Waals surface area contributed by atoms with Gasteiger partial charge in [0.05, 0.1) is 12.5 Å². The van der Waals surface area contributed by atoms with E-state index in [0.29, 0.717) is 37.6 Å². The maximum Gasteiger partial charge on any atom is 0.274 e. The van der Waals surface area contributed by atoms with Crippen molar-refractivity contribution in [3.05, 3.63) is 29.2 Å². The molecule has 0 aromatic carbocycles. The van der Waals surface area contributed by atoms with Crippen molar-refractivity contribution in [3.63, 3.8) is 0 Å². The maximum absolute atomic E-state index is 13.1. The van der Waals surface area contributed by atoms with Gasteiger partial charge in [-0.2, -0.15) is 5.10 Å². The molecule has 2 amide bonds. The van der Waals surface area contributed by atoms with E-state index in [4.69, 9.17) is 4.74 Å². The third-order valence-corrected chi connectivity index (χ3v) is 5.57. The number of ether oxygens (including phenoxy) is 1. The molecule has 0 unspecified atom stereocenters. The summed E-state index contributed by atoms with van der Waals surface area (Å²) in [6, 6.07) is 3.72. The number of carbonyl (C=O) groups excluding carboxylic acids is 2. The van der Waals surface area contributed by atoms with Crippen molar-refractivity contribution in [1.29, 1.82) is 0 Å². The Morgan fingerprint density at radius 2 is 2.07 bits per heavy atom. The average Bonchev–Trinajstić information content (AvgIpc) is 2.87. The second-order valence-electron chi connectivity index (χ2n) is 7.50. The van der Waals surface area contributed by atoms with E-state index in [9.17, 15) is 9.59 Å². The molecule has 0 spiro atoms. The molecule has 27 heavy (non-hydrogen) atoms. The zero-order valence-electron chi connectivity index (χ0n) is 16.0. The molecule has 3 aliphatic rings. The van der Waals surface area contributed by atoms with Crippen LogP contribution in [-0.2, 0) is 9.53 Å². The van der Waals surface area contributed by atoms with Gasteiger partial charge in [-0.15, -0.1) is 0 Å². The summed E-state index contributed by atoms with van der Waals surface area (Å²) in [6.45, 7) is 5.96. The molecule has 8 nitrogen and oxygen atoms in total. The Balaban J connectivity index is 1.59. The molecule has 2 aromatic rings. The Morgan fingerprint density at radius 3 is 2.85 bits per heavy atom. The van der Waals surface area contributed by atoms with Crippen LogP contribution in [-0.4, -0.2) is 75.6 Å². The third-order valence-electron chi connectivity index (χ3n) is 5.57. The molecule has 0 N–H and O–H groups in total. The minimum atomic E-state index is -0.135. The number of aryl methyl sites for hydroxylation is 2. The van der Waals surface area contributed by atoms with E-state index in [-0.39, 0.29) is 23.8 Å². The summed E-state index contributed by atoms with van der Waals surface area (Å²) in [6.07, 6.45) is 1.76. The Labute approximate surface area is 158 Å². The highest BCUT2D eigenvalue weighted by atomic mass is 16.5. The van der Waals surface area contributed by atoms with Gasteiger partial charge in [0.2, 0.25) is 5.91 Å². The molecule has 5 rings (SSSR count). The summed E-state index contributed by atoms with van der Waals surface area (Å²) in [5.74, 6) is -0.124. The summed E-state index contributed by atoms with van der Waals surface area (Å²) in [7, 11) is 1.64. The predicted molar refractivity (Wildman–Crippen MR) is 98.5 cm³/mol. The SMILES string of the molecule is COCCN1C(=O)[C@@H]2CC[C@H]1CN(C(=O)c1cc3nc(C)cc(C)n3n1)C2. The number of rotatable bonds is 4. The molecule has 2 atom stereocenters. The van der Waals surface area contributed by atoms with Crippen LogP contribution in [0.15, 0.2) is 12.1 Å². The van der Waals surface area contributed by atoms with Crippen LogP contribution in [0, 0.1) is 19.8 Å². The average molecular weight is 371 g/mol. The van der Waals surface area contributed by atoms with Gasteiger partial charge >= 0.3 is 0 Å². The first-order valence-corrected chi connectivity index (χ1v) is 9.40. The van der Waals surface area contributed by atoms with Crippen LogP contribution in [0.2, 0.25) is 0 Å². The largest absolute Gasteiger partial charge is 0.383 e. The van der Waals surface area contributed by atoms with Crippen LogP contribution in [0.5, 0.6) is 0 Å². The molecule has 2 bridgehead atoms. The van der Waals surface area contributed by atoms with Crippen molar-refractivity contribution in [2.45, 2.75) is 32.7 Å². The predicted octanol–water partition coefficient (Wildman–Crippen LogP) is 1.06. The molecule has 3 saturated heterocycles.